The number of likely N-dealkylation sites (N-methyl/N-ethyl adjacent to an activating group) is 2. The van der Waals surface area contributed by atoms with Crippen molar-refractivity contribution in [2.75, 3.05) is 56.4 Å². The molecule has 0 atom stereocenters. The first kappa shape index (κ1) is 26.8. The molecule has 0 aromatic heterocycles. The molecule has 0 saturated heterocycles. The first-order valence-electron chi connectivity index (χ1n) is 12.7. The van der Waals surface area contributed by atoms with Crippen LogP contribution in [0.3, 0.4) is 0 Å². The van der Waals surface area contributed by atoms with E-state index in [9.17, 15) is 9.59 Å². The molecular weight excluding hydrogens is 480 g/mol. The van der Waals surface area contributed by atoms with E-state index in [2.05, 4.69) is 10.6 Å². The number of amides is 2. The number of carbonyl (C=O) groups excluding carboxylic acids is 2. The summed E-state index contributed by atoms with van der Waals surface area (Å²) < 4.78 is 11.6. The molecule has 0 saturated carbocycles. The zero-order chi connectivity index (χ0) is 27.2. The minimum Gasteiger partial charge on any atom is -0.490 e. The summed E-state index contributed by atoms with van der Waals surface area (Å²) in [6.07, 6.45) is 0. The van der Waals surface area contributed by atoms with Gasteiger partial charge in [-0.15, -0.1) is 0 Å². The fourth-order valence-electron chi connectivity index (χ4n) is 4.28. The minimum atomic E-state index is -0.215. The molecule has 198 valence electrons. The summed E-state index contributed by atoms with van der Waals surface area (Å²) in [7, 11) is 5.49. The predicted octanol–water partition coefficient (Wildman–Crippen LogP) is 4.94. The zero-order valence-electron chi connectivity index (χ0n) is 22.5. The van der Waals surface area contributed by atoms with Crippen LogP contribution >= 0.6 is 0 Å². The second-order valence-electron chi connectivity index (χ2n) is 9.14. The lowest BCUT2D eigenvalue weighted by Gasteiger charge is -2.20. The van der Waals surface area contributed by atoms with Crippen molar-refractivity contribution >= 4 is 40.1 Å². The number of benzene rings is 3. The van der Waals surface area contributed by atoms with Gasteiger partial charge in [0.25, 0.3) is 5.91 Å². The van der Waals surface area contributed by atoms with E-state index < -0.39 is 0 Å². The molecule has 0 aliphatic carbocycles. The third-order valence-corrected chi connectivity index (χ3v) is 6.09. The summed E-state index contributed by atoms with van der Waals surface area (Å²) in [6.45, 7) is 5.10. The Bertz CT molecular complexity index is 1330. The maximum absolute atomic E-state index is 13.3. The second kappa shape index (κ2) is 11.8. The van der Waals surface area contributed by atoms with Gasteiger partial charge in [0.15, 0.2) is 11.5 Å². The third kappa shape index (κ3) is 5.81. The number of ether oxygens (including phenoxy) is 2. The van der Waals surface area contributed by atoms with Crippen molar-refractivity contribution in [3.8, 4) is 11.5 Å². The van der Waals surface area contributed by atoms with Crippen molar-refractivity contribution < 1.29 is 19.1 Å². The van der Waals surface area contributed by atoms with Crippen LogP contribution in [0.2, 0.25) is 0 Å². The van der Waals surface area contributed by atoms with Crippen molar-refractivity contribution in [2.45, 2.75) is 13.8 Å². The van der Waals surface area contributed by atoms with Gasteiger partial charge in [0.1, 0.15) is 0 Å². The lowest BCUT2D eigenvalue weighted by Crippen LogP contribution is -2.34. The standard InChI is InChI=1S/C30H34N4O4/c1-6-37-25-17-23-24(18-26(25)38-7-2)32-30(36)28(23)29(20-11-9-8-10-12-20)31-21-13-15-22(16-14-21)34(5)27(35)19-33(3)4/h8-18,31H,6-7,19H2,1-5H3,(H,32,36). The predicted molar refractivity (Wildman–Crippen MR) is 153 cm³/mol. The number of carbonyl (C=O) groups is 2. The summed E-state index contributed by atoms with van der Waals surface area (Å²) in [4.78, 5) is 29.3. The van der Waals surface area contributed by atoms with E-state index in [1.54, 1.807) is 11.9 Å². The molecule has 3 aromatic rings. The quantitative estimate of drug-likeness (QED) is 0.373. The molecule has 1 aliphatic rings. The average molecular weight is 515 g/mol. The average Bonchev–Trinajstić information content (AvgIpc) is 3.22. The van der Waals surface area contributed by atoms with E-state index in [-0.39, 0.29) is 11.8 Å². The van der Waals surface area contributed by atoms with Crippen LogP contribution in [0.1, 0.15) is 25.0 Å². The lowest BCUT2D eigenvalue weighted by atomic mass is 9.99. The molecule has 8 nitrogen and oxygen atoms in total. The summed E-state index contributed by atoms with van der Waals surface area (Å²) in [6, 6.07) is 21.0. The number of hydrogen-bond donors (Lipinski definition) is 2. The van der Waals surface area contributed by atoms with Crippen molar-refractivity contribution in [1.29, 1.82) is 0 Å². The van der Waals surface area contributed by atoms with Gasteiger partial charge in [-0.25, -0.2) is 0 Å². The highest BCUT2D eigenvalue weighted by molar-refractivity contribution is 6.37. The Hall–Kier alpha value is -4.30. The molecule has 1 aliphatic heterocycles. The molecule has 4 rings (SSSR count). The van der Waals surface area contributed by atoms with E-state index in [1.165, 1.54) is 0 Å². The van der Waals surface area contributed by atoms with Gasteiger partial charge in [0.2, 0.25) is 5.91 Å². The highest BCUT2D eigenvalue weighted by atomic mass is 16.5. The van der Waals surface area contributed by atoms with Crippen molar-refractivity contribution in [1.82, 2.24) is 4.90 Å². The summed E-state index contributed by atoms with van der Waals surface area (Å²) in [5, 5.41) is 6.45. The monoisotopic (exact) mass is 514 g/mol. The summed E-state index contributed by atoms with van der Waals surface area (Å²) in [5.74, 6) is 0.961. The Balaban J connectivity index is 1.75. The maximum Gasteiger partial charge on any atom is 0.258 e. The van der Waals surface area contributed by atoms with Gasteiger partial charge in [-0.2, -0.15) is 0 Å². The summed E-state index contributed by atoms with van der Waals surface area (Å²) >= 11 is 0. The maximum atomic E-state index is 13.3. The minimum absolute atomic E-state index is 0.00133. The van der Waals surface area contributed by atoms with Crippen LogP contribution in [-0.4, -0.2) is 57.6 Å². The highest BCUT2D eigenvalue weighted by Crippen LogP contribution is 2.43. The van der Waals surface area contributed by atoms with E-state index >= 15 is 0 Å². The Kier molecular flexibility index (Phi) is 8.33. The van der Waals surface area contributed by atoms with Gasteiger partial charge in [0.05, 0.1) is 36.7 Å². The molecule has 1 heterocycles. The van der Waals surface area contributed by atoms with E-state index in [4.69, 9.17) is 9.47 Å². The van der Waals surface area contributed by atoms with Gasteiger partial charge in [-0.05, 0) is 63.8 Å². The van der Waals surface area contributed by atoms with Crippen LogP contribution in [0.15, 0.2) is 66.7 Å². The largest absolute Gasteiger partial charge is 0.490 e. The number of hydrogen-bond acceptors (Lipinski definition) is 6. The number of rotatable bonds is 10. The number of nitrogens with zero attached hydrogens (tertiary/aromatic N) is 2. The smallest absolute Gasteiger partial charge is 0.258 e. The molecule has 0 radical (unpaired) electrons. The SMILES string of the molecule is CCOc1cc2c(cc1OCC)C(=C(Nc1ccc(N(C)C(=O)CN(C)C)cc1)c1ccccc1)C(=O)N2. The van der Waals surface area contributed by atoms with Crippen LogP contribution < -0.4 is 25.0 Å². The van der Waals surface area contributed by atoms with Crippen LogP contribution in [-0.2, 0) is 9.59 Å². The Morgan fingerprint density at radius 1 is 0.895 bits per heavy atom. The molecule has 38 heavy (non-hydrogen) atoms. The van der Waals surface area contributed by atoms with Crippen LogP contribution in [0.5, 0.6) is 11.5 Å². The highest BCUT2D eigenvalue weighted by Gasteiger charge is 2.30. The molecule has 2 amide bonds. The van der Waals surface area contributed by atoms with Gasteiger partial charge in [-0.3, -0.25) is 9.59 Å². The Morgan fingerprint density at radius 3 is 2.13 bits per heavy atom. The van der Waals surface area contributed by atoms with Crippen LogP contribution in [0.25, 0.3) is 11.3 Å². The fraction of sp³-hybridized carbons (Fsp3) is 0.267. The van der Waals surface area contributed by atoms with Crippen molar-refractivity contribution in [3.05, 3.63) is 77.9 Å². The van der Waals surface area contributed by atoms with E-state index in [1.807, 2.05) is 99.6 Å². The molecular formula is C30H34N4O4. The zero-order valence-corrected chi connectivity index (χ0v) is 22.5. The van der Waals surface area contributed by atoms with Crippen molar-refractivity contribution in [2.24, 2.45) is 0 Å². The van der Waals surface area contributed by atoms with Gasteiger partial charge in [0, 0.05) is 30.1 Å². The number of anilines is 3. The first-order valence-corrected chi connectivity index (χ1v) is 12.7. The van der Waals surface area contributed by atoms with E-state index in [0.717, 1.165) is 22.5 Å². The normalized spacial score (nSPS) is 13.6. The van der Waals surface area contributed by atoms with Crippen molar-refractivity contribution in [3.63, 3.8) is 0 Å². The Labute approximate surface area is 223 Å². The fourth-order valence-corrected chi connectivity index (χ4v) is 4.28. The summed E-state index contributed by atoms with van der Waals surface area (Å²) in [5.41, 5.74) is 5.01. The Morgan fingerprint density at radius 2 is 1.53 bits per heavy atom. The van der Waals surface area contributed by atoms with Gasteiger partial charge >= 0.3 is 0 Å². The molecule has 0 unspecified atom stereocenters. The molecule has 8 heteroatoms. The first-order chi connectivity index (χ1) is 18.3. The van der Waals surface area contributed by atoms with Gasteiger partial charge < -0.3 is 29.9 Å². The molecule has 0 bridgehead atoms. The third-order valence-electron chi connectivity index (χ3n) is 6.09. The lowest BCUT2D eigenvalue weighted by molar-refractivity contribution is -0.119. The topological polar surface area (TPSA) is 83.1 Å². The molecule has 3 aromatic carbocycles. The van der Waals surface area contributed by atoms with Gasteiger partial charge in [-0.1, -0.05) is 30.3 Å². The molecule has 0 fully saturated rings. The molecule has 0 spiro atoms. The van der Waals surface area contributed by atoms with Crippen LogP contribution in [0.4, 0.5) is 17.1 Å². The van der Waals surface area contributed by atoms with Crippen LogP contribution in [0, 0.1) is 0 Å². The molecule has 2 N–H and O–H groups in total. The van der Waals surface area contributed by atoms with E-state index in [0.29, 0.717) is 48.2 Å². The number of nitrogens with one attached hydrogen (secondary N) is 2. The number of fused-ring (bicyclic) bond motifs is 1. The second-order valence-corrected chi connectivity index (χ2v) is 9.14.